The second-order valence-electron chi connectivity index (χ2n) is 1.89. The Labute approximate surface area is 61.0 Å². The summed E-state index contributed by atoms with van der Waals surface area (Å²) in [4.78, 5) is 0. The quantitative estimate of drug-likeness (QED) is 0.563. The lowest BCUT2D eigenvalue weighted by Gasteiger charge is -2.01. The van der Waals surface area contributed by atoms with Crippen LogP contribution in [0.25, 0.3) is 0 Å². The van der Waals surface area contributed by atoms with E-state index in [0.29, 0.717) is 0 Å². The summed E-state index contributed by atoms with van der Waals surface area (Å²) in [6.07, 6.45) is 1.39. The monoisotopic (exact) mass is 133 g/mol. The first-order chi connectivity index (χ1) is 4.84. The first-order valence-corrected chi connectivity index (χ1v) is 3.03. The molecule has 0 saturated carbocycles. The van der Waals surface area contributed by atoms with Gasteiger partial charge in [-0.15, -0.1) is 0 Å². The van der Waals surface area contributed by atoms with E-state index in [0.717, 1.165) is 11.3 Å². The first kappa shape index (κ1) is 6.87. The number of benzene rings is 1. The van der Waals surface area contributed by atoms with E-state index in [1.54, 1.807) is 0 Å². The highest BCUT2D eigenvalue weighted by atomic mass is 16.5. The Kier molecular flexibility index (Phi) is 2.11. The Morgan fingerprint density at radius 3 is 2.60 bits per heavy atom. The minimum atomic E-state index is 0.762. The maximum absolute atomic E-state index is 5.04. The molecule has 1 nitrogen and oxygen atoms in total. The van der Waals surface area contributed by atoms with Gasteiger partial charge in [-0.05, 0) is 18.6 Å². The largest absolute Gasteiger partial charge is 0.465 e. The van der Waals surface area contributed by atoms with Gasteiger partial charge < -0.3 is 4.74 Å². The molecule has 1 radical (unpaired) electrons. The second-order valence-corrected chi connectivity index (χ2v) is 1.89. The van der Waals surface area contributed by atoms with E-state index in [1.807, 2.05) is 24.3 Å². The summed E-state index contributed by atoms with van der Waals surface area (Å²) in [5, 5.41) is 0. The summed E-state index contributed by atoms with van der Waals surface area (Å²) in [6.45, 7) is 7.21. The molecule has 1 aromatic rings. The maximum Gasteiger partial charge on any atom is 0.129 e. The third-order valence-electron chi connectivity index (χ3n) is 1.18. The minimum absolute atomic E-state index is 0.762. The van der Waals surface area contributed by atoms with Gasteiger partial charge in [-0.3, -0.25) is 0 Å². The SMILES string of the molecule is [CH2]c1ccccc1OC=C. The lowest BCUT2D eigenvalue weighted by molar-refractivity contribution is 0.481. The molecule has 0 fully saturated rings. The molecule has 51 valence electrons. The Hall–Kier alpha value is -1.24. The molecule has 0 saturated heterocycles. The summed E-state index contributed by atoms with van der Waals surface area (Å²) in [5.41, 5.74) is 0.877. The van der Waals surface area contributed by atoms with Crippen LogP contribution in [-0.4, -0.2) is 0 Å². The third kappa shape index (κ3) is 1.38. The highest BCUT2D eigenvalue weighted by Gasteiger charge is 1.92. The van der Waals surface area contributed by atoms with Crippen LogP contribution in [0.5, 0.6) is 5.75 Å². The molecule has 0 N–H and O–H groups in total. The van der Waals surface area contributed by atoms with Gasteiger partial charge in [0.25, 0.3) is 0 Å². The molecule has 1 rings (SSSR count). The topological polar surface area (TPSA) is 9.23 Å². The fraction of sp³-hybridized carbons (Fsp3) is 0. The predicted octanol–water partition coefficient (Wildman–Crippen LogP) is 2.39. The molecule has 1 aromatic carbocycles. The molecular formula is C9H9O. The van der Waals surface area contributed by atoms with Crippen molar-refractivity contribution in [3.63, 3.8) is 0 Å². The van der Waals surface area contributed by atoms with Gasteiger partial charge >= 0.3 is 0 Å². The van der Waals surface area contributed by atoms with Gasteiger partial charge in [0, 0.05) is 0 Å². The molecule has 0 amide bonds. The van der Waals surface area contributed by atoms with E-state index in [4.69, 9.17) is 4.74 Å². The predicted molar refractivity (Wildman–Crippen MR) is 41.7 cm³/mol. The normalized spacial score (nSPS) is 8.90. The Bertz CT molecular complexity index is 228. The van der Waals surface area contributed by atoms with Crippen molar-refractivity contribution in [2.75, 3.05) is 0 Å². The van der Waals surface area contributed by atoms with Crippen LogP contribution in [0.15, 0.2) is 37.1 Å². The van der Waals surface area contributed by atoms with Gasteiger partial charge in [-0.2, -0.15) is 0 Å². The standard InChI is InChI=1S/C9H9O/c1-3-10-9-7-5-4-6-8(9)2/h3-7H,1-2H2. The summed E-state index contributed by atoms with van der Waals surface area (Å²) >= 11 is 0. The van der Waals surface area contributed by atoms with Crippen LogP contribution >= 0.6 is 0 Å². The van der Waals surface area contributed by atoms with Gasteiger partial charge in [-0.25, -0.2) is 0 Å². The van der Waals surface area contributed by atoms with Crippen LogP contribution < -0.4 is 4.74 Å². The average Bonchev–Trinajstić information content (AvgIpc) is 1.94. The van der Waals surface area contributed by atoms with E-state index in [9.17, 15) is 0 Å². The molecule has 0 spiro atoms. The molecule has 0 unspecified atom stereocenters. The molecular weight excluding hydrogens is 124 g/mol. The van der Waals surface area contributed by atoms with Crippen LogP contribution in [-0.2, 0) is 0 Å². The Morgan fingerprint density at radius 1 is 1.30 bits per heavy atom. The molecule has 0 heterocycles. The zero-order chi connectivity index (χ0) is 7.40. The highest BCUT2D eigenvalue weighted by Crippen LogP contribution is 2.15. The van der Waals surface area contributed by atoms with E-state index in [2.05, 4.69) is 13.5 Å². The van der Waals surface area contributed by atoms with Crippen molar-refractivity contribution in [1.82, 2.24) is 0 Å². The molecule has 0 atom stereocenters. The van der Waals surface area contributed by atoms with Gasteiger partial charge in [0.15, 0.2) is 0 Å². The molecule has 0 bridgehead atoms. The Morgan fingerprint density at radius 2 is 2.00 bits per heavy atom. The molecule has 1 heteroatoms. The summed E-state index contributed by atoms with van der Waals surface area (Å²) in [6, 6.07) is 7.55. The number of hydrogen-bond donors (Lipinski definition) is 0. The van der Waals surface area contributed by atoms with Gasteiger partial charge in [0.1, 0.15) is 5.75 Å². The summed E-state index contributed by atoms with van der Waals surface area (Å²) < 4.78 is 5.04. The van der Waals surface area contributed by atoms with E-state index >= 15 is 0 Å². The van der Waals surface area contributed by atoms with Crippen molar-refractivity contribution >= 4 is 0 Å². The summed E-state index contributed by atoms with van der Waals surface area (Å²) in [5.74, 6) is 0.762. The lowest BCUT2D eigenvalue weighted by atomic mass is 10.2. The molecule has 0 aliphatic carbocycles. The summed E-state index contributed by atoms with van der Waals surface area (Å²) in [7, 11) is 0. The molecule has 0 aliphatic heterocycles. The molecule has 10 heavy (non-hydrogen) atoms. The number of ether oxygens (including phenoxy) is 1. The average molecular weight is 133 g/mol. The molecule has 0 aliphatic rings. The van der Waals surface area contributed by atoms with E-state index in [-0.39, 0.29) is 0 Å². The minimum Gasteiger partial charge on any atom is -0.465 e. The van der Waals surface area contributed by atoms with Crippen molar-refractivity contribution in [3.8, 4) is 5.75 Å². The highest BCUT2D eigenvalue weighted by molar-refractivity contribution is 5.35. The van der Waals surface area contributed by atoms with Crippen LogP contribution in [0.3, 0.4) is 0 Å². The molecule has 0 aromatic heterocycles. The fourth-order valence-electron chi connectivity index (χ4n) is 0.709. The second kappa shape index (κ2) is 3.06. The maximum atomic E-state index is 5.04. The van der Waals surface area contributed by atoms with Crippen molar-refractivity contribution in [1.29, 1.82) is 0 Å². The van der Waals surface area contributed by atoms with E-state index in [1.165, 1.54) is 6.26 Å². The van der Waals surface area contributed by atoms with Crippen LogP contribution in [0.2, 0.25) is 0 Å². The number of para-hydroxylation sites is 1. The van der Waals surface area contributed by atoms with Gasteiger partial charge in [0.05, 0.1) is 6.26 Å². The zero-order valence-electron chi connectivity index (χ0n) is 5.71. The van der Waals surface area contributed by atoms with Crippen LogP contribution in [0.1, 0.15) is 5.56 Å². The van der Waals surface area contributed by atoms with Crippen molar-refractivity contribution < 1.29 is 4.74 Å². The fourth-order valence-corrected chi connectivity index (χ4v) is 0.709. The van der Waals surface area contributed by atoms with Gasteiger partial charge in [0.2, 0.25) is 0 Å². The van der Waals surface area contributed by atoms with Crippen LogP contribution in [0.4, 0.5) is 0 Å². The first-order valence-electron chi connectivity index (χ1n) is 3.03. The number of hydrogen-bond acceptors (Lipinski definition) is 1. The van der Waals surface area contributed by atoms with Crippen molar-refractivity contribution in [2.24, 2.45) is 0 Å². The van der Waals surface area contributed by atoms with Crippen molar-refractivity contribution in [2.45, 2.75) is 0 Å². The van der Waals surface area contributed by atoms with Crippen LogP contribution in [0, 0.1) is 6.92 Å². The third-order valence-corrected chi connectivity index (χ3v) is 1.18. The zero-order valence-corrected chi connectivity index (χ0v) is 5.71. The van der Waals surface area contributed by atoms with Gasteiger partial charge in [-0.1, -0.05) is 24.8 Å². The Balaban J connectivity index is 2.91. The lowest BCUT2D eigenvalue weighted by Crippen LogP contribution is -1.82. The van der Waals surface area contributed by atoms with E-state index < -0.39 is 0 Å². The van der Waals surface area contributed by atoms with Crippen molar-refractivity contribution in [3.05, 3.63) is 49.6 Å². The smallest absolute Gasteiger partial charge is 0.129 e. The number of rotatable bonds is 2.